The third-order valence-electron chi connectivity index (χ3n) is 6.09. The van der Waals surface area contributed by atoms with E-state index < -0.39 is 4.92 Å². The van der Waals surface area contributed by atoms with E-state index in [0.717, 1.165) is 28.2 Å². The molecule has 172 valence electrons. The SMILES string of the molecule is Cc1nn(-c2ccc([N+](=O)[O-])cc2)c2c1[C@@H](c1ccc(Cl)cc1)N1C(=N2)C(Cl)=Nc2ccccc21. The number of rotatable bonds is 3. The fraction of sp³-hybridized carbons (Fsp3) is 0.0800. The average molecular weight is 503 g/mol. The third-order valence-corrected chi connectivity index (χ3v) is 6.59. The molecule has 2 aliphatic rings. The number of non-ortho nitro benzene ring substituents is 1. The van der Waals surface area contributed by atoms with Gasteiger partial charge >= 0.3 is 0 Å². The summed E-state index contributed by atoms with van der Waals surface area (Å²) in [7, 11) is 0. The number of hydrogen-bond donors (Lipinski definition) is 0. The van der Waals surface area contributed by atoms with Crippen LogP contribution in [-0.2, 0) is 0 Å². The van der Waals surface area contributed by atoms with Gasteiger partial charge in [0.2, 0.25) is 0 Å². The number of fused-ring (bicyclic) bond motifs is 4. The van der Waals surface area contributed by atoms with Crippen LogP contribution in [0.5, 0.6) is 0 Å². The Hall–Kier alpha value is -4.01. The lowest BCUT2D eigenvalue weighted by atomic mass is 9.94. The smallest absolute Gasteiger partial charge is 0.269 e. The van der Waals surface area contributed by atoms with Gasteiger partial charge in [0, 0.05) is 22.7 Å². The van der Waals surface area contributed by atoms with Crippen LogP contribution in [0.2, 0.25) is 5.02 Å². The van der Waals surface area contributed by atoms with Crippen LogP contribution >= 0.6 is 23.2 Å². The third kappa shape index (κ3) is 3.41. The lowest BCUT2D eigenvalue weighted by Crippen LogP contribution is -2.42. The Morgan fingerprint density at radius 2 is 1.66 bits per heavy atom. The van der Waals surface area contributed by atoms with Crippen molar-refractivity contribution >= 4 is 57.1 Å². The number of amidine groups is 1. The quantitative estimate of drug-likeness (QED) is 0.231. The Labute approximate surface area is 209 Å². The minimum Gasteiger partial charge on any atom is -0.310 e. The van der Waals surface area contributed by atoms with Gasteiger partial charge in [0.25, 0.3) is 5.69 Å². The van der Waals surface area contributed by atoms with Crippen molar-refractivity contribution in [1.29, 1.82) is 0 Å². The van der Waals surface area contributed by atoms with Crippen LogP contribution < -0.4 is 4.90 Å². The Morgan fingerprint density at radius 1 is 0.943 bits per heavy atom. The summed E-state index contributed by atoms with van der Waals surface area (Å²) in [5.74, 6) is 1.09. The van der Waals surface area contributed by atoms with Crippen molar-refractivity contribution < 1.29 is 4.92 Å². The largest absolute Gasteiger partial charge is 0.310 e. The Balaban J connectivity index is 1.61. The number of para-hydroxylation sites is 2. The molecule has 0 saturated heterocycles. The van der Waals surface area contributed by atoms with Crippen LogP contribution in [0.4, 0.5) is 22.9 Å². The second kappa shape index (κ2) is 8.04. The molecular formula is C25H16Cl2N6O2. The van der Waals surface area contributed by atoms with Crippen molar-refractivity contribution in [1.82, 2.24) is 9.78 Å². The first-order chi connectivity index (χ1) is 16.9. The Morgan fingerprint density at radius 3 is 2.37 bits per heavy atom. The first-order valence-electron chi connectivity index (χ1n) is 10.7. The van der Waals surface area contributed by atoms with Crippen molar-refractivity contribution in [3.63, 3.8) is 0 Å². The zero-order chi connectivity index (χ0) is 24.3. The van der Waals surface area contributed by atoms with Gasteiger partial charge in [-0.2, -0.15) is 5.10 Å². The van der Waals surface area contributed by atoms with Gasteiger partial charge in [-0.05, 0) is 48.9 Å². The van der Waals surface area contributed by atoms with Gasteiger partial charge in [-0.15, -0.1) is 0 Å². The van der Waals surface area contributed by atoms with Crippen molar-refractivity contribution in [3.8, 4) is 5.69 Å². The molecule has 0 bridgehead atoms. The molecule has 0 saturated carbocycles. The molecular weight excluding hydrogens is 487 g/mol. The van der Waals surface area contributed by atoms with Crippen LogP contribution in [0, 0.1) is 17.0 Å². The van der Waals surface area contributed by atoms with E-state index in [-0.39, 0.29) is 16.9 Å². The molecule has 0 fully saturated rings. The molecule has 1 atom stereocenters. The Kier molecular flexibility index (Phi) is 4.94. The highest BCUT2D eigenvalue weighted by Crippen LogP contribution is 2.48. The summed E-state index contributed by atoms with van der Waals surface area (Å²) in [5, 5.41) is 16.8. The molecule has 0 aliphatic carbocycles. The highest BCUT2D eigenvalue weighted by Gasteiger charge is 2.40. The lowest BCUT2D eigenvalue weighted by molar-refractivity contribution is -0.384. The maximum atomic E-state index is 11.1. The number of aromatic nitrogens is 2. The normalized spacial score (nSPS) is 16.1. The minimum atomic E-state index is -0.433. The first-order valence-corrected chi connectivity index (χ1v) is 11.5. The molecule has 0 spiro atoms. The summed E-state index contributed by atoms with van der Waals surface area (Å²) in [6.07, 6.45) is 0. The maximum Gasteiger partial charge on any atom is 0.269 e. The molecule has 0 unspecified atom stereocenters. The van der Waals surface area contributed by atoms with Crippen LogP contribution in [0.15, 0.2) is 82.8 Å². The van der Waals surface area contributed by atoms with Gasteiger partial charge in [0.05, 0.1) is 33.7 Å². The van der Waals surface area contributed by atoms with Gasteiger partial charge in [-0.3, -0.25) is 10.1 Å². The molecule has 8 nitrogen and oxygen atoms in total. The van der Waals surface area contributed by atoms with Crippen molar-refractivity contribution in [3.05, 3.63) is 105 Å². The van der Waals surface area contributed by atoms with Gasteiger partial charge < -0.3 is 4.90 Å². The molecule has 2 aliphatic heterocycles. The molecule has 0 radical (unpaired) electrons. The van der Waals surface area contributed by atoms with E-state index >= 15 is 0 Å². The molecule has 0 amide bonds. The Bertz CT molecular complexity index is 1560. The molecule has 3 heterocycles. The van der Waals surface area contributed by atoms with E-state index in [1.807, 2.05) is 55.5 Å². The predicted molar refractivity (Wildman–Crippen MR) is 137 cm³/mol. The molecule has 0 N–H and O–H groups in total. The average Bonchev–Trinajstić information content (AvgIpc) is 3.20. The molecule has 35 heavy (non-hydrogen) atoms. The van der Waals surface area contributed by atoms with Gasteiger partial charge in [-0.1, -0.05) is 47.5 Å². The van der Waals surface area contributed by atoms with E-state index in [2.05, 4.69) is 9.89 Å². The van der Waals surface area contributed by atoms with Gasteiger partial charge in [0.15, 0.2) is 16.8 Å². The van der Waals surface area contributed by atoms with E-state index in [4.69, 9.17) is 33.3 Å². The number of benzene rings is 3. The van der Waals surface area contributed by atoms with Crippen LogP contribution in [0.1, 0.15) is 22.9 Å². The second-order valence-corrected chi connectivity index (χ2v) is 8.95. The van der Waals surface area contributed by atoms with Crippen LogP contribution in [0.25, 0.3) is 5.69 Å². The number of anilines is 1. The molecule has 10 heteroatoms. The maximum absolute atomic E-state index is 11.1. The van der Waals surface area contributed by atoms with Crippen LogP contribution in [0.3, 0.4) is 0 Å². The fourth-order valence-corrected chi connectivity index (χ4v) is 4.88. The highest BCUT2D eigenvalue weighted by molar-refractivity contribution is 6.85. The summed E-state index contributed by atoms with van der Waals surface area (Å²) in [6, 6.07) is 21.3. The number of nitrogens with zero attached hydrogens (tertiary/aromatic N) is 6. The number of hydrogen-bond acceptors (Lipinski definition) is 6. The molecule has 4 aromatic rings. The van der Waals surface area contributed by atoms with Crippen molar-refractivity contribution in [2.45, 2.75) is 13.0 Å². The zero-order valence-corrected chi connectivity index (χ0v) is 19.8. The first kappa shape index (κ1) is 21.5. The van der Waals surface area contributed by atoms with Gasteiger partial charge in [-0.25, -0.2) is 14.7 Å². The van der Waals surface area contributed by atoms with Crippen LogP contribution in [-0.4, -0.2) is 25.7 Å². The number of halogens is 2. The fourth-order valence-electron chi connectivity index (χ4n) is 4.53. The van der Waals surface area contributed by atoms with E-state index in [9.17, 15) is 10.1 Å². The number of nitro benzene ring substituents is 1. The lowest BCUT2D eigenvalue weighted by Gasteiger charge is -2.39. The number of aryl methyl sites for hydroxylation is 1. The minimum absolute atomic E-state index is 0.00194. The summed E-state index contributed by atoms with van der Waals surface area (Å²) < 4.78 is 1.69. The van der Waals surface area contributed by atoms with Gasteiger partial charge in [0.1, 0.15) is 0 Å². The monoisotopic (exact) mass is 502 g/mol. The topological polar surface area (TPSA) is 88.9 Å². The summed E-state index contributed by atoms with van der Waals surface area (Å²) in [6.45, 7) is 1.93. The second-order valence-electron chi connectivity index (χ2n) is 8.16. The molecule has 3 aromatic carbocycles. The summed E-state index contributed by atoms with van der Waals surface area (Å²) in [5.41, 5.74) is 4.94. The highest BCUT2D eigenvalue weighted by atomic mass is 35.5. The standard InChI is InChI=1S/C25H16Cl2N6O2/c1-14-21-22(15-6-8-16(26)9-7-15)31-20-5-3-2-4-19(20)28-23(27)25(31)29-24(21)32(30-14)17-10-12-18(13-11-17)33(34)35/h2-13,22H,1H3/t22-/m1/s1. The predicted octanol–water partition coefficient (Wildman–Crippen LogP) is 6.66. The van der Waals surface area contributed by atoms with E-state index in [1.165, 1.54) is 12.1 Å². The molecule has 1 aromatic heterocycles. The molecule has 6 rings (SSSR count). The zero-order valence-electron chi connectivity index (χ0n) is 18.3. The number of aliphatic imine (C=N–C) groups is 2. The summed E-state index contributed by atoms with van der Waals surface area (Å²) >= 11 is 12.9. The van der Waals surface area contributed by atoms with Crippen molar-refractivity contribution in [2.24, 2.45) is 9.98 Å². The summed E-state index contributed by atoms with van der Waals surface area (Å²) in [4.78, 5) is 22.2. The van der Waals surface area contributed by atoms with E-state index in [0.29, 0.717) is 22.4 Å². The van der Waals surface area contributed by atoms with Crippen molar-refractivity contribution in [2.75, 3.05) is 4.90 Å². The number of nitro groups is 1. The van der Waals surface area contributed by atoms with E-state index in [1.54, 1.807) is 16.8 Å².